The highest BCUT2D eigenvalue weighted by Gasteiger charge is 2.22. The number of rotatable bonds is 1. The number of hydrogen-bond donors (Lipinski definition) is 2. The van der Waals surface area contributed by atoms with Gasteiger partial charge in [0.15, 0.2) is 0 Å². The normalized spacial score (nSPS) is 24.1. The molecule has 1 aromatic heterocycles. The molecule has 0 aromatic carbocycles. The SMILES string of the molecule is CC1CCc2[nH]nc(C(C)N)c2C1. The van der Waals surface area contributed by atoms with Crippen LogP contribution in [0.25, 0.3) is 0 Å². The second-order valence-corrected chi connectivity index (χ2v) is 4.20. The summed E-state index contributed by atoms with van der Waals surface area (Å²) in [5.74, 6) is 0.780. The van der Waals surface area contributed by atoms with Crippen LogP contribution in [0.15, 0.2) is 0 Å². The van der Waals surface area contributed by atoms with Gasteiger partial charge in [-0.3, -0.25) is 5.10 Å². The smallest absolute Gasteiger partial charge is 0.0821 e. The maximum absolute atomic E-state index is 5.85. The van der Waals surface area contributed by atoms with E-state index in [0.29, 0.717) is 0 Å². The second kappa shape index (κ2) is 3.14. The van der Waals surface area contributed by atoms with Crippen LogP contribution in [-0.4, -0.2) is 10.2 Å². The molecule has 2 rings (SSSR count). The van der Waals surface area contributed by atoms with Crippen molar-refractivity contribution in [2.45, 2.75) is 39.2 Å². The zero-order chi connectivity index (χ0) is 9.42. The molecule has 0 amide bonds. The fourth-order valence-corrected chi connectivity index (χ4v) is 2.07. The Kier molecular flexibility index (Phi) is 2.12. The number of H-pyrrole nitrogens is 1. The largest absolute Gasteiger partial charge is 0.323 e. The molecule has 72 valence electrons. The van der Waals surface area contributed by atoms with Gasteiger partial charge in [-0.1, -0.05) is 6.92 Å². The number of aromatic nitrogens is 2. The first-order valence-electron chi connectivity index (χ1n) is 5.00. The van der Waals surface area contributed by atoms with Gasteiger partial charge < -0.3 is 5.73 Å². The average Bonchev–Trinajstić information content (AvgIpc) is 2.46. The zero-order valence-corrected chi connectivity index (χ0v) is 8.30. The first kappa shape index (κ1) is 8.75. The Morgan fingerprint density at radius 3 is 3.08 bits per heavy atom. The second-order valence-electron chi connectivity index (χ2n) is 4.20. The summed E-state index contributed by atoms with van der Waals surface area (Å²) in [4.78, 5) is 0. The van der Waals surface area contributed by atoms with E-state index in [1.807, 2.05) is 6.92 Å². The van der Waals surface area contributed by atoms with Crippen molar-refractivity contribution in [3.8, 4) is 0 Å². The summed E-state index contributed by atoms with van der Waals surface area (Å²) in [6, 6.07) is 0.0605. The summed E-state index contributed by atoms with van der Waals surface area (Å²) in [7, 11) is 0. The maximum atomic E-state index is 5.85. The van der Waals surface area contributed by atoms with E-state index in [4.69, 9.17) is 5.73 Å². The molecule has 13 heavy (non-hydrogen) atoms. The van der Waals surface area contributed by atoms with Crippen LogP contribution in [-0.2, 0) is 12.8 Å². The molecule has 0 bridgehead atoms. The Morgan fingerprint density at radius 1 is 1.62 bits per heavy atom. The predicted octanol–water partition coefficient (Wildman–Crippen LogP) is 1.55. The molecule has 2 atom stereocenters. The Bertz CT molecular complexity index is 301. The van der Waals surface area contributed by atoms with Crippen LogP contribution in [0.5, 0.6) is 0 Å². The maximum Gasteiger partial charge on any atom is 0.0821 e. The van der Waals surface area contributed by atoms with Crippen LogP contribution in [0.2, 0.25) is 0 Å². The molecular weight excluding hydrogens is 162 g/mol. The van der Waals surface area contributed by atoms with Crippen molar-refractivity contribution in [1.29, 1.82) is 0 Å². The lowest BCUT2D eigenvalue weighted by atomic mass is 9.87. The van der Waals surface area contributed by atoms with Crippen LogP contribution in [0.4, 0.5) is 0 Å². The molecule has 0 fully saturated rings. The fourth-order valence-electron chi connectivity index (χ4n) is 2.07. The number of hydrogen-bond acceptors (Lipinski definition) is 2. The molecule has 1 aliphatic rings. The molecule has 2 unspecified atom stereocenters. The van der Waals surface area contributed by atoms with Crippen molar-refractivity contribution in [2.24, 2.45) is 11.7 Å². The molecule has 0 saturated carbocycles. The van der Waals surface area contributed by atoms with E-state index < -0.39 is 0 Å². The predicted molar refractivity (Wildman–Crippen MR) is 52.4 cm³/mol. The van der Waals surface area contributed by atoms with Gasteiger partial charge in [0.05, 0.1) is 5.69 Å². The lowest BCUT2D eigenvalue weighted by molar-refractivity contribution is 0.494. The minimum atomic E-state index is 0.0605. The Balaban J connectivity index is 2.35. The fraction of sp³-hybridized carbons (Fsp3) is 0.700. The topological polar surface area (TPSA) is 54.7 Å². The monoisotopic (exact) mass is 179 g/mol. The van der Waals surface area contributed by atoms with Gasteiger partial charge in [0.25, 0.3) is 0 Å². The Morgan fingerprint density at radius 2 is 2.38 bits per heavy atom. The lowest BCUT2D eigenvalue weighted by Gasteiger charge is -2.18. The first-order valence-corrected chi connectivity index (χ1v) is 5.00. The van der Waals surface area contributed by atoms with Gasteiger partial charge in [0.1, 0.15) is 0 Å². The number of aromatic amines is 1. The van der Waals surface area contributed by atoms with Crippen molar-refractivity contribution >= 4 is 0 Å². The highest BCUT2D eigenvalue weighted by atomic mass is 15.1. The summed E-state index contributed by atoms with van der Waals surface area (Å²) in [5, 5.41) is 7.38. The highest BCUT2D eigenvalue weighted by Crippen LogP contribution is 2.28. The Labute approximate surface area is 78.7 Å². The average molecular weight is 179 g/mol. The van der Waals surface area contributed by atoms with Gasteiger partial charge in [-0.2, -0.15) is 5.10 Å². The van der Waals surface area contributed by atoms with Crippen LogP contribution in [0.1, 0.15) is 43.3 Å². The van der Waals surface area contributed by atoms with E-state index in [1.165, 1.54) is 17.7 Å². The van der Waals surface area contributed by atoms with E-state index in [-0.39, 0.29) is 6.04 Å². The number of nitrogens with two attached hydrogens (primary N) is 1. The summed E-state index contributed by atoms with van der Waals surface area (Å²) >= 11 is 0. The molecule has 0 spiro atoms. The van der Waals surface area contributed by atoms with Crippen molar-refractivity contribution in [3.63, 3.8) is 0 Å². The summed E-state index contributed by atoms with van der Waals surface area (Å²) < 4.78 is 0. The standard InChI is InChI=1S/C10H17N3/c1-6-3-4-9-8(5-6)10(7(2)11)13-12-9/h6-7H,3-5,11H2,1-2H3,(H,12,13). The molecule has 3 N–H and O–H groups in total. The number of aryl methyl sites for hydroxylation is 1. The Hall–Kier alpha value is -0.830. The zero-order valence-electron chi connectivity index (χ0n) is 8.30. The quantitative estimate of drug-likeness (QED) is 0.687. The van der Waals surface area contributed by atoms with Crippen molar-refractivity contribution in [3.05, 3.63) is 17.0 Å². The van der Waals surface area contributed by atoms with E-state index in [9.17, 15) is 0 Å². The van der Waals surface area contributed by atoms with Gasteiger partial charge in [0.2, 0.25) is 0 Å². The van der Waals surface area contributed by atoms with Crippen molar-refractivity contribution in [1.82, 2.24) is 10.2 Å². The third kappa shape index (κ3) is 1.48. The highest BCUT2D eigenvalue weighted by molar-refractivity contribution is 5.29. The molecule has 0 radical (unpaired) electrons. The molecule has 0 saturated heterocycles. The van der Waals surface area contributed by atoms with Gasteiger partial charge in [-0.15, -0.1) is 0 Å². The summed E-state index contributed by atoms with van der Waals surface area (Å²) in [6.07, 6.45) is 3.55. The molecule has 1 aliphatic carbocycles. The molecule has 0 aliphatic heterocycles. The van der Waals surface area contributed by atoms with Gasteiger partial charge >= 0.3 is 0 Å². The van der Waals surface area contributed by atoms with E-state index >= 15 is 0 Å². The summed E-state index contributed by atoms with van der Waals surface area (Å²) in [5.41, 5.74) is 9.61. The van der Waals surface area contributed by atoms with Crippen LogP contribution in [0.3, 0.4) is 0 Å². The molecule has 3 heteroatoms. The molecule has 3 nitrogen and oxygen atoms in total. The minimum absolute atomic E-state index is 0.0605. The van der Waals surface area contributed by atoms with Gasteiger partial charge in [-0.25, -0.2) is 0 Å². The molecular formula is C10H17N3. The van der Waals surface area contributed by atoms with Gasteiger partial charge in [0, 0.05) is 11.7 Å². The van der Waals surface area contributed by atoms with Crippen LogP contribution >= 0.6 is 0 Å². The summed E-state index contributed by atoms with van der Waals surface area (Å²) in [6.45, 7) is 4.29. The van der Waals surface area contributed by atoms with Crippen molar-refractivity contribution in [2.75, 3.05) is 0 Å². The number of nitrogens with zero attached hydrogens (tertiary/aromatic N) is 1. The third-order valence-corrected chi connectivity index (χ3v) is 2.86. The minimum Gasteiger partial charge on any atom is -0.323 e. The van der Waals surface area contributed by atoms with E-state index in [0.717, 1.165) is 24.5 Å². The van der Waals surface area contributed by atoms with Gasteiger partial charge in [-0.05, 0) is 37.7 Å². The molecule has 1 aromatic rings. The van der Waals surface area contributed by atoms with Crippen molar-refractivity contribution < 1.29 is 0 Å². The van der Waals surface area contributed by atoms with Crippen LogP contribution < -0.4 is 5.73 Å². The number of fused-ring (bicyclic) bond motifs is 1. The molecule has 1 heterocycles. The third-order valence-electron chi connectivity index (χ3n) is 2.86. The van der Waals surface area contributed by atoms with E-state index in [2.05, 4.69) is 17.1 Å². The van der Waals surface area contributed by atoms with E-state index in [1.54, 1.807) is 0 Å². The van der Waals surface area contributed by atoms with Crippen LogP contribution in [0, 0.1) is 5.92 Å². The lowest BCUT2D eigenvalue weighted by Crippen LogP contribution is -2.14. The first-order chi connectivity index (χ1) is 6.18. The number of nitrogens with one attached hydrogen (secondary N) is 1.